The minimum absolute atomic E-state index is 0.0144. The molecule has 0 saturated carbocycles. The van der Waals surface area contributed by atoms with Crippen molar-refractivity contribution in [2.24, 2.45) is 5.92 Å². The highest BCUT2D eigenvalue weighted by Crippen LogP contribution is 2.22. The van der Waals surface area contributed by atoms with Gasteiger partial charge in [-0.2, -0.15) is 10.1 Å². The molecule has 0 aliphatic heterocycles. The molecule has 118 valence electrons. The Morgan fingerprint density at radius 3 is 2.64 bits per heavy atom. The average Bonchev–Trinajstić information content (AvgIpc) is 2.48. The summed E-state index contributed by atoms with van der Waals surface area (Å²) in [5.74, 6) is -3.16. The van der Waals surface area contributed by atoms with E-state index >= 15 is 0 Å². The van der Waals surface area contributed by atoms with Crippen molar-refractivity contribution in [3.63, 3.8) is 0 Å². The van der Waals surface area contributed by atoms with Crippen molar-refractivity contribution in [1.29, 1.82) is 0 Å². The van der Waals surface area contributed by atoms with E-state index in [1.807, 2.05) is 0 Å². The second-order valence-corrected chi connectivity index (χ2v) is 5.12. The number of hydrogen-bond donors (Lipinski definition) is 2. The third-order valence-electron chi connectivity index (χ3n) is 2.87. The fourth-order valence-corrected chi connectivity index (χ4v) is 1.67. The van der Waals surface area contributed by atoms with Gasteiger partial charge >= 0.3 is 0 Å². The molecule has 5 nitrogen and oxygen atoms in total. The normalized spacial score (nSPS) is 10.8. The van der Waals surface area contributed by atoms with E-state index in [-0.39, 0.29) is 11.6 Å². The Bertz CT molecular complexity index is 648. The standard InChI is InChI=1S/C14H16F3N5/c1-8(2)5-6-18-11-7-19-22-14(21-11)20-10-4-3-9(15)12(16)13(10)17/h3-4,7-8H,5-6H2,1-2H3,(H2,18,20,21,22). The molecule has 22 heavy (non-hydrogen) atoms. The van der Waals surface area contributed by atoms with Crippen molar-refractivity contribution >= 4 is 17.5 Å². The molecule has 0 fully saturated rings. The number of aromatic nitrogens is 3. The van der Waals surface area contributed by atoms with E-state index in [1.165, 1.54) is 6.20 Å². The van der Waals surface area contributed by atoms with Gasteiger partial charge in [0.05, 0.1) is 11.9 Å². The molecule has 0 radical (unpaired) electrons. The molecule has 1 heterocycles. The summed E-state index contributed by atoms with van der Waals surface area (Å²) in [6, 6.07) is 1.88. The van der Waals surface area contributed by atoms with Crippen molar-refractivity contribution in [3.05, 3.63) is 35.8 Å². The van der Waals surface area contributed by atoms with Gasteiger partial charge in [0.25, 0.3) is 0 Å². The lowest BCUT2D eigenvalue weighted by Gasteiger charge is -2.09. The largest absolute Gasteiger partial charge is 0.369 e. The zero-order valence-corrected chi connectivity index (χ0v) is 12.2. The van der Waals surface area contributed by atoms with E-state index in [0.29, 0.717) is 18.3 Å². The average molecular weight is 311 g/mol. The van der Waals surface area contributed by atoms with Crippen LogP contribution in [0.3, 0.4) is 0 Å². The number of nitrogens with zero attached hydrogens (tertiary/aromatic N) is 3. The van der Waals surface area contributed by atoms with Crippen molar-refractivity contribution in [1.82, 2.24) is 15.2 Å². The van der Waals surface area contributed by atoms with Crippen molar-refractivity contribution in [2.75, 3.05) is 17.2 Å². The third-order valence-corrected chi connectivity index (χ3v) is 2.87. The minimum Gasteiger partial charge on any atom is -0.369 e. The smallest absolute Gasteiger partial charge is 0.249 e. The molecule has 0 unspecified atom stereocenters. The predicted molar refractivity (Wildman–Crippen MR) is 77.4 cm³/mol. The summed E-state index contributed by atoms with van der Waals surface area (Å²) in [7, 11) is 0. The Morgan fingerprint density at radius 2 is 1.91 bits per heavy atom. The summed E-state index contributed by atoms with van der Waals surface area (Å²) < 4.78 is 39.6. The molecule has 0 amide bonds. The van der Waals surface area contributed by atoms with E-state index in [2.05, 4.69) is 39.7 Å². The molecular formula is C14H16F3N5. The van der Waals surface area contributed by atoms with Gasteiger partial charge in [-0.1, -0.05) is 13.8 Å². The van der Waals surface area contributed by atoms with Gasteiger partial charge in [-0.25, -0.2) is 13.2 Å². The van der Waals surface area contributed by atoms with Crippen LogP contribution in [0.15, 0.2) is 18.3 Å². The van der Waals surface area contributed by atoms with Crippen LogP contribution in [0.2, 0.25) is 0 Å². The zero-order chi connectivity index (χ0) is 16.1. The van der Waals surface area contributed by atoms with Crippen LogP contribution in [-0.4, -0.2) is 21.7 Å². The first kappa shape index (κ1) is 16.0. The van der Waals surface area contributed by atoms with E-state index in [0.717, 1.165) is 18.6 Å². The highest BCUT2D eigenvalue weighted by Gasteiger charge is 2.14. The molecule has 0 bridgehead atoms. The van der Waals surface area contributed by atoms with Crippen LogP contribution in [-0.2, 0) is 0 Å². The quantitative estimate of drug-likeness (QED) is 0.800. The Hall–Kier alpha value is -2.38. The van der Waals surface area contributed by atoms with E-state index in [1.54, 1.807) is 0 Å². The number of halogens is 3. The highest BCUT2D eigenvalue weighted by atomic mass is 19.2. The van der Waals surface area contributed by atoms with Gasteiger partial charge in [0.15, 0.2) is 23.3 Å². The first-order valence-electron chi connectivity index (χ1n) is 6.81. The summed E-state index contributed by atoms with van der Waals surface area (Å²) in [5, 5.41) is 12.9. The molecule has 2 N–H and O–H groups in total. The molecule has 0 aliphatic rings. The van der Waals surface area contributed by atoms with E-state index in [4.69, 9.17) is 0 Å². The second kappa shape index (κ2) is 7.06. The summed E-state index contributed by atoms with van der Waals surface area (Å²) >= 11 is 0. The summed E-state index contributed by atoms with van der Waals surface area (Å²) in [4.78, 5) is 4.08. The first-order valence-corrected chi connectivity index (χ1v) is 6.81. The molecule has 2 rings (SSSR count). The number of hydrogen-bond acceptors (Lipinski definition) is 5. The van der Waals surface area contributed by atoms with Crippen LogP contribution in [0.25, 0.3) is 0 Å². The van der Waals surface area contributed by atoms with Gasteiger partial charge in [-0.3, -0.25) is 0 Å². The summed E-state index contributed by atoms with van der Waals surface area (Å²) in [6.45, 7) is 4.90. The van der Waals surface area contributed by atoms with Gasteiger partial charge < -0.3 is 10.6 Å². The van der Waals surface area contributed by atoms with Gasteiger partial charge in [-0.05, 0) is 24.5 Å². The SMILES string of the molecule is CC(C)CCNc1cnnc(Nc2ccc(F)c(F)c2F)n1. The molecule has 0 saturated heterocycles. The van der Waals surface area contributed by atoms with E-state index < -0.39 is 17.5 Å². The second-order valence-electron chi connectivity index (χ2n) is 5.12. The van der Waals surface area contributed by atoms with Crippen molar-refractivity contribution in [3.8, 4) is 0 Å². The van der Waals surface area contributed by atoms with Crippen LogP contribution >= 0.6 is 0 Å². The lowest BCUT2D eigenvalue weighted by Crippen LogP contribution is -2.09. The maximum absolute atomic E-state index is 13.6. The van der Waals surface area contributed by atoms with Gasteiger partial charge in [-0.15, -0.1) is 5.10 Å². The molecule has 2 aromatic rings. The summed E-state index contributed by atoms with van der Waals surface area (Å²) in [6.07, 6.45) is 2.37. The molecule has 1 aromatic heterocycles. The highest BCUT2D eigenvalue weighted by molar-refractivity contribution is 5.55. The molecule has 0 spiro atoms. The van der Waals surface area contributed by atoms with Crippen LogP contribution in [0.4, 0.5) is 30.6 Å². The van der Waals surface area contributed by atoms with Crippen molar-refractivity contribution in [2.45, 2.75) is 20.3 Å². The number of benzene rings is 1. The summed E-state index contributed by atoms with van der Waals surface area (Å²) in [5.41, 5.74) is -0.264. The van der Waals surface area contributed by atoms with Crippen LogP contribution < -0.4 is 10.6 Å². The van der Waals surface area contributed by atoms with Gasteiger partial charge in [0.1, 0.15) is 0 Å². The van der Waals surface area contributed by atoms with Gasteiger partial charge in [0, 0.05) is 6.54 Å². The Labute approximate surface area is 126 Å². The predicted octanol–water partition coefficient (Wildman–Crippen LogP) is 3.49. The molecular weight excluding hydrogens is 295 g/mol. The molecule has 1 aromatic carbocycles. The van der Waals surface area contributed by atoms with Crippen LogP contribution in [0, 0.1) is 23.4 Å². The number of anilines is 3. The lowest BCUT2D eigenvalue weighted by atomic mass is 10.1. The van der Waals surface area contributed by atoms with E-state index in [9.17, 15) is 13.2 Å². The fraction of sp³-hybridized carbons (Fsp3) is 0.357. The fourth-order valence-electron chi connectivity index (χ4n) is 1.67. The minimum atomic E-state index is -1.55. The maximum Gasteiger partial charge on any atom is 0.249 e. The topological polar surface area (TPSA) is 62.7 Å². The maximum atomic E-state index is 13.6. The van der Waals surface area contributed by atoms with Crippen molar-refractivity contribution < 1.29 is 13.2 Å². The Kier molecular flexibility index (Phi) is 5.13. The van der Waals surface area contributed by atoms with Crippen LogP contribution in [0.1, 0.15) is 20.3 Å². The lowest BCUT2D eigenvalue weighted by molar-refractivity contribution is 0.449. The zero-order valence-electron chi connectivity index (χ0n) is 12.2. The third kappa shape index (κ3) is 4.06. The first-order chi connectivity index (χ1) is 10.5. The molecule has 0 aliphatic carbocycles. The Balaban J connectivity index is 2.09. The molecule has 0 atom stereocenters. The molecule has 8 heteroatoms. The van der Waals surface area contributed by atoms with Crippen LogP contribution in [0.5, 0.6) is 0 Å². The Morgan fingerprint density at radius 1 is 1.14 bits per heavy atom. The number of nitrogens with one attached hydrogen (secondary N) is 2. The monoisotopic (exact) mass is 311 g/mol. The van der Waals surface area contributed by atoms with Gasteiger partial charge in [0.2, 0.25) is 5.95 Å². The number of rotatable bonds is 6.